The normalized spacial score (nSPS) is 12.8. The Bertz CT molecular complexity index is 1980. The van der Waals surface area contributed by atoms with Gasteiger partial charge in [0.1, 0.15) is 0 Å². The molecular formula is C42H40F3NO8. The first kappa shape index (κ1) is 40.8. The molecule has 0 spiro atoms. The number of ether oxygens (including phenoxy) is 2. The number of esters is 2. The van der Waals surface area contributed by atoms with E-state index in [-0.39, 0.29) is 17.2 Å². The van der Waals surface area contributed by atoms with E-state index < -0.39 is 47.8 Å². The molecule has 0 heterocycles. The highest BCUT2D eigenvalue weighted by Crippen LogP contribution is 2.30. The second-order valence-corrected chi connectivity index (χ2v) is 12.6. The average molecular weight is 744 g/mol. The molecule has 54 heavy (non-hydrogen) atoms. The Morgan fingerprint density at radius 2 is 1.19 bits per heavy atom. The number of aryl methyl sites for hydroxylation is 3. The lowest BCUT2D eigenvalue weighted by molar-refractivity contribution is -0.166. The van der Waals surface area contributed by atoms with E-state index in [2.05, 4.69) is 42.6 Å². The Balaban J connectivity index is 0.000000241. The zero-order valence-corrected chi connectivity index (χ0v) is 29.8. The van der Waals surface area contributed by atoms with Gasteiger partial charge >= 0.3 is 30.1 Å². The second-order valence-electron chi connectivity index (χ2n) is 12.6. The summed E-state index contributed by atoms with van der Waals surface area (Å²) in [6.07, 6.45) is -7.31. The Morgan fingerprint density at radius 1 is 0.685 bits per heavy atom. The number of carboxylic acid groups (broad SMARTS) is 2. The maximum atomic E-state index is 12.8. The van der Waals surface area contributed by atoms with Crippen molar-refractivity contribution in [3.63, 3.8) is 0 Å². The van der Waals surface area contributed by atoms with E-state index in [1.165, 1.54) is 52.7 Å². The molecule has 0 aliphatic carbocycles. The highest BCUT2D eigenvalue weighted by molar-refractivity contribution is 5.95. The summed E-state index contributed by atoms with van der Waals surface area (Å²) in [4.78, 5) is 47.3. The number of aliphatic carboxylic acids is 2. The lowest BCUT2D eigenvalue weighted by Crippen LogP contribution is -2.45. The minimum atomic E-state index is -4.28. The number of benzene rings is 5. The lowest BCUT2D eigenvalue weighted by Gasteiger charge is -2.21. The van der Waals surface area contributed by atoms with E-state index in [4.69, 9.17) is 9.47 Å². The number of nitrogens with one attached hydrogen (secondary N) is 1. The number of hydrogen-bond donors (Lipinski definition) is 3. The molecule has 0 saturated heterocycles. The SMILES string of the molecule is C[C@@H](NCCCc1cccc(C(F)(F)F)c1)c1cccc2ccccc12.Cc1ccc(C(=O)OC(C(=O)O)C(OC(=O)c2ccc(C)cc2)C(=O)O)cc1. The third kappa shape index (κ3) is 11.5. The number of hydrogen-bond acceptors (Lipinski definition) is 7. The molecule has 0 radical (unpaired) electrons. The van der Waals surface area contributed by atoms with Crippen LogP contribution >= 0.6 is 0 Å². The molecule has 3 atom stereocenters. The van der Waals surface area contributed by atoms with Gasteiger partial charge in [-0.25, -0.2) is 19.2 Å². The van der Waals surface area contributed by atoms with Gasteiger partial charge < -0.3 is 25.0 Å². The van der Waals surface area contributed by atoms with Crippen molar-refractivity contribution in [3.8, 4) is 0 Å². The first-order valence-electron chi connectivity index (χ1n) is 17.0. The summed E-state index contributed by atoms with van der Waals surface area (Å²) in [6, 6.07) is 32.4. The van der Waals surface area contributed by atoms with Crippen LogP contribution < -0.4 is 5.32 Å². The summed E-state index contributed by atoms with van der Waals surface area (Å²) in [5.74, 6) is -5.62. The van der Waals surface area contributed by atoms with Crippen molar-refractivity contribution in [2.24, 2.45) is 0 Å². The standard InChI is InChI=1S/C22H22F3N.C20H18O8/c1-16(20-13-5-10-18-9-2-3-12-21(18)20)26-14-6-8-17-7-4-11-19(15-17)22(23,24)25;1-11-3-7-13(8-4-11)19(25)27-15(17(21)22)16(18(23)24)28-20(26)14-9-5-12(2)6-10-14/h2-5,7,9-13,15-16,26H,6,8,14H2,1H3;3-10,15-16H,1-2H3,(H,21,22)(H,23,24)/t16-;/m1./s1. The van der Waals surface area contributed by atoms with Gasteiger partial charge in [0, 0.05) is 6.04 Å². The predicted molar refractivity (Wildman–Crippen MR) is 196 cm³/mol. The summed E-state index contributed by atoms with van der Waals surface area (Å²) in [5, 5.41) is 24.6. The number of rotatable bonds is 13. The van der Waals surface area contributed by atoms with Crippen LogP contribution in [-0.4, -0.2) is 52.8 Å². The zero-order chi connectivity index (χ0) is 39.4. The van der Waals surface area contributed by atoms with Crippen molar-refractivity contribution < 1.29 is 52.0 Å². The number of carboxylic acids is 2. The average Bonchev–Trinajstić information content (AvgIpc) is 3.14. The highest BCUT2D eigenvalue weighted by atomic mass is 19.4. The van der Waals surface area contributed by atoms with Crippen LogP contribution in [0, 0.1) is 13.8 Å². The van der Waals surface area contributed by atoms with Crippen molar-refractivity contribution in [1.82, 2.24) is 5.32 Å². The van der Waals surface area contributed by atoms with Crippen LogP contribution in [-0.2, 0) is 31.7 Å². The van der Waals surface area contributed by atoms with Crippen molar-refractivity contribution >= 4 is 34.6 Å². The van der Waals surface area contributed by atoms with Crippen LogP contribution in [0.2, 0.25) is 0 Å². The van der Waals surface area contributed by atoms with Gasteiger partial charge in [-0.2, -0.15) is 13.2 Å². The number of halogens is 3. The molecule has 12 heteroatoms. The monoisotopic (exact) mass is 743 g/mol. The number of fused-ring (bicyclic) bond motifs is 1. The van der Waals surface area contributed by atoms with E-state index in [1.54, 1.807) is 44.2 Å². The van der Waals surface area contributed by atoms with Gasteiger partial charge in [-0.15, -0.1) is 0 Å². The van der Waals surface area contributed by atoms with Crippen LogP contribution in [0.15, 0.2) is 115 Å². The molecule has 282 valence electrons. The second kappa shape index (κ2) is 18.7. The zero-order valence-electron chi connectivity index (χ0n) is 29.8. The minimum Gasteiger partial charge on any atom is -0.478 e. The molecule has 0 aliphatic rings. The first-order valence-corrected chi connectivity index (χ1v) is 17.0. The smallest absolute Gasteiger partial charge is 0.416 e. The summed E-state index contributed by atoms with van der Waals surface area (Å²) in [7, 11) is 0. The maximum Gasteiger partial charge on any atom is 0.416 e. The van der Waals surface area contributed by atoms with Crippen LogP contribution in [0.3, 0.4) is 0 Å². The summed E-state index contributed by atoms with van der Waals surface area (Å²) in [6.45, 7) is 6.45. The first-order chi connectivity index (χ1) is 25.6. The van der Waals surface area contributed by atoms with Crippen LogP contribution in [0.5, 0.6) is 0 Å². The molecule has 9 nitrogen and oxygen atoms in total. The molecule has 2 unspecified atom stereocenters. The third-order valence-electron chi connectivity index (χ3n) is 8.44. The van der Waals surface area contributed by atoms with Crippen LogP contribution in [0.25, 0.3) is 10.8 Å². The van der Waals surface area contributed by atoms with Crippen LogP contribution in [0.4, 0.5) is 13.2 Å². The van der Waals surface area contributed by atoms with Crippen molar-refractivity contribution in [2.45, 2.75) is 58.0 Å². The quantitative estimate of drug-likeness (QED) is 0.0802. The molecular weight excluding hydrogens is 703 g/mol. The molecule has 5 aromatic rings. The summed E-state index contributed by atoms with van der Waals surface area (Å²) in [5.41, 5.74) is 3.17. The van der Waals surface area contributed by atoms with E-state index in [1.807, 2.05) is 12.1 Å². The van der Waals surface area contributed by atoms with Crippen molar-refractivity contribution in [3.05, 3.63) is 154 Å². The number of carbonyl (C=O) groups is 4. The van der Waals surface area contributed by atoms with Gasteiger partial charge in [-0.1, -0.05) is 96.1 Å². The Hall–Kier alpha value is -6.01. The molecule has 5 rings (SSSR count). The topological polar surface area (TPSA) is 139 Å². The van der Waals surface area contributed by atoms with Gasteiger partial charge in [-0.05, 0) is 92.4 Å². The predicted octanol–water partition coefficient (Wildman–Crippen LogP) is 8.37. The minimum absolute atomic E-state index is 0.0332. The molecule has 5 aromatic carbocycles. The molecule has 0 amide bonds. The molecule has 0 fully saturated rings. The highest BCUT2D eigenvalue weighted by Gasteiger charge is 2.41. The Kier molecular flexibility index (Phi) is 14.1. The molecule has 0 bridgehead atoms. The molecule has 0 aliphatic heterocycles. The summed E-state index contributed by atoms with van der Waals surface area (Å²) >= 11 is 0. The maximum absolute atomic E-state index is 12.8. The van der Waals surface area contributed by atoms with Gasteiger partial charge in [0.25, 0.3) is 0 Å². The third-order valence-corrected chi connectivity index (χ3v) is 8.44. The Labute approximate surface area is 310 Å². The molecule has 0 saturated carbocycles. The Morgan fingerprint density at radius 3 is 1.70 bits per heavy atom. The molecule has 3 N–H and O–H groups in total. The van der Waals surface area contributed by atoms with Crippen molar-refractivity contribution in [2.75, 3.05) is 6.54 Å². The largest absolute Gasteiger partial charge is 0.478 e. The van der Waals surface area contributed by atoms with Crippen molar-refractivity contribution in [1.29, 1.82) is 0 Å². The van der Waals surface area contributed by atoms with Gasteiger partial charge in [0.05, 0.1) is 16.7 Å². The lowest BCUT2D eigenvalue weighted by atomic mass is 9.99. The van der Waals surface area contributed by atoms with E-state index in [0.29, 0.717) is 6.42 Å². The fourth-order valence-corrected chi connectivity index (χ4v) is 5.48. The fraction of sp³-hybridized carbons (Fsp3) is 0.238. The van der Waals surface area contributed by atoms with Gasteiger partial charge in [-0.3, -0.25) is 0 Å². The van der Waals surface area contributed by atoms with Crippen LogP contribution in [0.1, 0.15) is 67.9 Å². The van der Waals surface area contributed by atoms with E-state index in [9.17, 15) is 42.6 Å². The number of carbonyl (C=O) groups excluding carboxylic acids is 2. The van der Waals surface area contributed by atoms with Gasteiger partial charge in [0.15, 0.2) is 0 Å². The van der Waals surface area contributed by atoms with E-state index >= 15 is 0 Å². The van der Waals surface area contributed by atoms with Gasteiger partial charge in [0.2, 0.25) is 12.2 Å². The number of alkyl halides is 3. The fourth-order valence-electron chi connectivity index (χ4n) is 5.48. The van der Waals surface area contributed by atoms with E-state index in [0.717, 1.165) is 35.7 Å². The summed E-state index contributed by atoms with van der Waals surface area (Å²) < 4.78 is 47.9. The molecule has 0 aromatic heterocycles.